The molecule has 0 atom stereocenters. The minimum atomic E-state index is 0.670. The van der Waals surface area contributed by atoms with Gasteiger partial charge in [-0.1, -0.05) is 212 Å². The van der Waals surface area contributed by atoms with E-state index in [4.69, 9.17) is 19.9 Å². The first-order chi connectivity index (χ1) is 32.2. The van der Waals surface area contributed by atoms with Crippen molar-refractivity contribution in [3.05, 3.63) is 237 Å². The van der Waals surface area contributed by atoms with Gasteiger partial charge in [0.15, 0.2) is 5.82 Å². The summed E-state index contributed by atoms with van der Waals surface area (Å²) in [6.07, 6.45) is 0. The Morgan fingerprint density at radius 3 is 1.37 bits per heavy atom. The number of fused-ring (bicyclic) bond motifs is 5. The highest BCUT2D eigenvalue weighted by molar-refractivity contribution is 6.20. The molecular formula is C60H39N5. The molecule has 3 heterocycles. The Kier molecular flexibility index (Phi) is 9.42. The van der Waals surface area contributed by atoms with E-state index in [-0.39, 0.29) is 0 Å². The second kappa shape index (κ2) is 16.2. The van der Waals surface area contributed by atoms with Gasteiger partial charge in [-0.05, 0) is 46.3 Å². The fourth-order valence-electron chi connectivity index (χ4n) is 9.12. The zero-order valence-corrected chi connectivity index (χ0v) is 35.3. The molecule has 304 valence electrons. The molecule has 12 rings (SSSR count). The van der Waals surface area contributed by atoms with Crippen LogP contribution in [0.1, 0.15) is 0 Å². The lowest BCUT2D eigenvalue weighted by molar-refractivity contribution is 1.10. The quantitative estimate of drug-likeness (QED) is 0.143. The van der Waals surface area contributed by atoms with Gasteiger partial charge in [0.05, 0.1) is 33.6 Å². The number of pyridine rings is 1. The van der Waals surface area contributed by atoms with E-state index in [0.29, 0.717) is 5.82 Å². The SMILES string of the molecule is c1ccc(-c2ccc(-c3nc(-c4ccccc4)c(-c4ccc(-c5nc6ccccc6c6ccc7c(nc(-c8ccccc8)n7-c7ccccc7)c56)cc4)c(-c4ccccc4)n3)cc2)cc1. The van der Waals surface area contributed by atoms with Gasteiger partial charge >= 0.3 is 0 Å². The van der Waals surface area contributed by atoms with Gasteiger partial charge in [-0.2, -0.15) is 0 Å². The normalized spacial score (nSPS) is 11.4. The van der Waals surface area contributed by atoms with Crippen LogP contribution in [0.2, 0.25) is 0 Å². The van der Waals surface area contributed by atoms with Gasteiger partial charge in [0.25, 0.3) is 0 Å². The molecule has 0 unspecified atom stereocenters. The van der Waals surface area contributed by atoms with E-state index >= 15 is 0 Å². The van der Waals surface area contributed by atoms with Crippen LogP contribution in [0.25, 0.3) is 117 Å². The first-order valence-electron chi connectivity index (χ1n) is 21.9. The Morgan fingerprint density at radius 2 is 0.754 bits per heavy atom. The van der Waals surface area contributed by atoms with Crippen LogP contribution in [0.4, 0.5) is 0 Å². The molecule has 0 saturated carbocycles. The molecular weight excluding hydrogens is 791 g/mol. The highest BCUT2D eigenvalue weighted by Gasteiger charge is 2.23. The smallest absolute Gasteiger partial charge is 0.160 e. The Morgan fingerprint density at radius 1 is 0.292 bits per heavy atom. The number of nitrogens with zero attached hydrogens (tertiary/aromatic N) is 5. The second-order valence-electron chi connectivity index (χ2n) is 16.2. The second-order valence-corrected chi connectivity index (χ2v) is 16.2. The summed E-state index contributed by atoms with van der Waals surface area (Å²) < 4.78 is 2.27. The van der Waals surface area contributed by atoms with Crippen molar-refractivity contribution >= 4 is 32.7 Å². The summed E-state index contributed by atoms with van der Waals surface area (Å²) in [4.78, 5) is 21.7. The van der Waals surface area contributed by atoms with Crippen LogP contribution in [-0.4, -0.2) is 24.5 Å². The van der Waals surface area contributed by atoms with Crippen LogP contribution >= 0.6 is 0 Å². The molecule has 5 nitrogen and oxygen atoms in total. The fourth-order valence-corrected chi connectivity index (χ4v) is 9.12. The fraction of sp³-hybridized carbons (Fsp3) is 0. The van der Waals surface area contributed by atoms with Gasteiger partial charge in [0.2, 0.25) is 0 Å². The van der Waals surface area contributed by atoms with Gasteiger partial charge < -0.3 is 0 Å². The van der Waals surface area contributed by atoms with Crippen molar-refractivity contribution in [1.82, 2.24) is 24.5 Å². The van der Waals surface area contributed by atoms with Crippen LogP contribution in [0.3, 0.4) is 0 Å². The highest BCUT2D eigenvalue weighted by Crippen LogP contribution is 2.43. The summed E-state index contributed by atoms with van der Waals surface area (Å²) in [5, 5.41) is 3.21. The lowest BCUT2D eigenvalue weighted by atomic mass is 9.92. The van der Waals surface area contributed by atoms with Gasteiger partial charge in [-0.15, -0.1) is 0 Å². The van der Waals surface area contributed by atoms with Crippen LogP contribution in [0.15, 0.2) is 237 Å². The predicted octanol–water partition coefficient (Wildman–Crippen LogP) is 15.2. The molecule has 0 spiro atoms. The number of hydrogen-bond donors (Lipinski definition) is 0. The molecule has 3 aromatic heterocycles. The van der Waals surface area contributed by atoms with Crippen molar-refractivity contribution in [3.8, 4) is 84.5 Å². The zero-order valence-electron chi connectivity index (χ0n) is 35.3. The minimum absolute atomic E-state index is 0.670. The van der Waals surface area contributed by atoms with Crippen LogP contribution in [0, 0.1) is 0 Å². The maximum Gasteiger partial charge on any atom is 0.160 e. The number of imidazole rings is 1. The van der Waals surface area contributed by atoms with E-state index < -0.39 is 0 Å². The van der Waals surface area contributed by atoms with Crippen molar-refractivity contribution in [2.45, 2.75) is 0 Å². The third-order valence-electron chi connectivity index (χ3n) is 12.2. The molecule has 0 bridgehead atoms. The monoisotopic (exact) mass is 829 g/mol. The van der Waals surface area contributed by atoms with Gasteiger partial charge in [0, 0.05) is 49.8 Å². The minimum Gasteiger partial charge on any atom is -0.292 e. The van der Waals surface area contributed by atoms with E-state index in [1.165, 1.54) is 5.56 Å². The summed E-state index contributed by atoms with van der Waals surface area (Å²) in [5.74, 6) is 1.55. The summed E-state index contributed by atoms with van der Waals surface area (Å²) in [6.45, 7) is 0. The van der Waals surface area contributed by atoms with E-state index in [0.717, 1.165) is 106 Å². The third-order valence-corrected chi connectivity index (χ3v) is 12.2. The highest BCUT2D eigenvalue weighted by atomic mass is 15.1. The maximum absolute atomic E-state index is 5.50. The van der Waals surface area contributed by atoms with Crippen molar-refractivity contribution < 1.29 is 0 Å². The van der Waals surface area contributed by atoms with Crippen molar-refractivity contribution in [3.63, 3.8) is 0 Å². The van der Waals surface area contributed by atoms with E-state index in [1.54, 1.807) is 0 Å². The molecule has 65 heavy (non-hydrogen) atoms. The maximum atomic E-state index is 5.50. The molecule has 0 fully saturated rings. The molecule has 0 saturated heterocycles. The van der Waals surface area contributed by atoms with Crippen molar-refractivity contribution in [2.24, 2.45) is 0 Å². The first-order valence-corrected chi connectivity index (χ1v) is 21.9. The third kappa shape index (κ3) is 6.83. The summed E-state index contributed by atoms with van der Waals surface area (Å²) in [7, 11) is 0. The Bertz CT molecular complexity index is 3590. The number of hydrogen-bond acceptors (Lipinski definition) is 4. The van der Waals surface area contributed by atoms with E-state index in [2.05, 4.69) is 217 Å². The predicted molar refractivity (Wildman–Crippen MR) is 268 cm³/mol. The van der Waals surface area contributed by atoms with E-state index in [1.807, 2.05) is 24.3 Å². The number of benzene rings is 9. The Balaban J connectivity index is 1.06. The summed E-state index contributed by atoms with van der Waals surface area (Å²) in [6, 6.07) is 82.4. The molecule has 0 amide bonds. The van der Waals surface area contributed by atoms with Crippen LogP contribution in [0.5, 0.6) is 0 Å². The molecule has 0 aliphatic heterocycles. The van der Waals surface area contributed by atoms with Crippen molar-refractivity contribution in [2.75, 3.05) is 0 Å². The van der Waals surface area contributed by atoms with Gasteiger partial charge in [-0.25, -0.2) is 19.9 Å². The summed E-state index contributed by atoms with van der Waals surface area (Å²) >= 11 is 0. The number of rotatable bonds is 8. The Hall–Kier alpha value is -8.80. The van der Waals surface area contributed by atoms with Gasteiger partial charge in [0.1, 0.15) is 5.82 Å². The largest absolute Gasteiger partial charge is 0.292 e. The lowest BCUT2D eigenvalue weighted by Crippen LogP contribution is -2.01. The molecule has 0 aliphatic carbocycles. The molecule has 12 aromatic rings. The lowest BCUT2D eigenvalue weighted by Gasteiger charge is -2.17. The zero-order chi connectivity index (χ0) is 43.1. The van der Waals surface area contributed by atoms with E-state index in [9.17, 15) is 0 Å². The average Bonchev–Trinajstić information content (AvgIpc) is 3.80. The molecule has 0 N–H and O–H groups in total. The molecule has 0 aliphatic rings. The first kappa shape index (κ1) is 37.9. The van der Waals surface area contributed by atoms with Crippen LogP contribution < -0.4 is 0 Å². The molecule has 9 aromatic carbocycles. The van der Waals surface area contributed by atoms with Crippen LogP contribution in [-0.2, 0) is 0 Å². The number of aromatic nitrogens is 5. The molecule has 0 radical (unpaired) electrons. The molecule has 5 heteroatoms. The Labute approximate surface area is 376 Å². The topological polar surface area (TPSA) is 56.5 Å². The van der Waals surface area contributed by atoms with Gasteiger partial charge in [-0.3, -0.25) is 4.57 Å². The average molecular weight is 830 g/mol. The standard InChI is InChI=1S/C60H39N5/c1-6-18-40(19-7-1)41-30-36-46(37-31-41)59-62-55(43-20-8-2-9-21-43)53(56(63-59)44-22-10-3-11-23-44)42-32-34-45(35-33-42)57-54-50(49-28-16-17-29-51(49)61-57)38-39-52-58(54)64-60(47-24-12-4-13-25-47)65(52)48-26-14-5-15-27-48/h1-39H. The van der Waals surface area contributed by atoms with Crippen molar-refractivity contribution in [1.29, 1.82) is 0 Å². The summed E-state index contributed by atoms with van der Waals surface area (Å²) in [5.41, 5.74) is 15.8. The number of para-hydroxylation sites is 2.